The first-order chi connectivity index (χ1) is 8.34. The number of thiocarbonyl (C=S) groups is 1. The summed E-state index contributed by atoms with van der Waals surface area (Å²) in [4.78, 5) is 4.10. The molecule has 0 saturated heterocycles. The predicted molar refractivity (Wildman–Crippen MR) is 71.3 cm³/mol. The van der Waals surface area contributed by atoms with Crippen molar-refractivity contribution in [1.82, 2.24) is 20.0 Å². The van der Waals surface area contributed by atoms with Gasteiger partial charge in [0.2, 0.25) is 5.11 Å². The summed E-state index contributed by atoms with van der Waals surface area (Å²) in [6.45, 7) is 0. The topological polar surface area (TPSA) is 55.6 Å². The normalized spacial score (nSPS) is 10.6. The van der Waals surface area contributed by atoms with Crippen molar-refractivity contribution in [2.45, 2.75) is 0 Å². The SMILES string of the molecule is S=C(Nc1nccs1)n1nnc2ccccc21. The van der Waals surface area contributed by atoms with Gasteiger partial charge in [0.05, 0.1) is 5.52 Å². The van der Waals surface area contributed by atoms with E-state index in [0.717, 1.165) is 16.2 Å². The van der Waals surface area contributed by atoms with Gasteiger partial charge in [-0.1, -0.05) is 17.3 Å². The molecule has 5 nitrogen and oxygen atoms in total. The van der Waals surface area contributed by atoms with Gasteiger partial charge < -0.3 is 5.32 Å². The number of anilines is 1. The molecule has 2 aromatic heterocycles. The second kappa shape index (κ2) is 4.19. The van der Waals surface area contributed by atoms with Crippen molar-refractivity contribution in [3.63, 3.8) is 0 Å². The fraction of sp³-hybridized carbons (Fsp3) is 0. The Hall–Kier alpha value is -1.86. The van der Waals surface area contributed by atoms with Gasteiger partial charge in [-0.25, -0.2) is 4.98 Å². The van der Waals surface area contributed by atoms with Crippen molar-refractivity contribution >= 4 is 44.8 Å². The van der Waals surface area contributed by atoms with Crippen LogP contribution >= 0.6 is 23.6 Å². The van der Waals surface area contributed by atoms with Crippen LogP contribution in [0.4, 0.5) is 5.13 Å². The van der Waals surface area contributed by atoms with Crippen molar-refractivity contribution in [1.29, 1.82) is 0 Å². The average Bonchev–Trinajstić information content (AvgIpc) is 2.96. The van der Waals surface area contributed by atoms with Crippen molar-refractivity contribution < 1.29 is 0 Å². The van der Waals surface area contributed by atoms with Gasteiger partial charge in [-0.05, 0) is 24.4 Å². The summed E-state index contributed by atoms with van der Waals surface area (Å²) in [6, 6.07) is 7.66. The van der Waals surface area contributed by atoms with Gasteiger partial charge in [-0.2, -0.15) is 4.68 Å². The highest BCUT2D eigenvalue weighted by molar-refractivity contribution is 7.80. The van der Waals surface area contributed by atoms with E-state index in [2.05, 4.69) is 20.6 Å². The molecule has 0 amide bonds. The molecule has 0 aliphatic carbocycles. The van der Waals surface area contributed by atoms with Crippen LogP contribution in [-0.4, -0.2) is 25.1 Å². The van der Waals surface area contributed by atoms with Crippen LogP contribution in [0.2, 0.25) is 0 Å². The quantitative estimate of drug-likeness (QED) is 0.680. The third-order valence-electron chi connectivity index (χ3n) is 2.19. The Balaban J connectivity index is 1.96. The molecule has 0 atom stereocenters. The Labute approximate surface area is 106 Å². The highest BCUT2D eigenvalue weighted by Gasteiger charge is 2.08. The van der Waals surface area contributed by atoms with Gasteiger partial charge in [0.15, 0.2) is 5.13 Å². The summed E-state index contributed by atoms with van der Waals surface area (Å²) in [6.07, 6.45) is 1.72. The average molecular weight is 261 g/mol. The van der Waals surface area contributed by atoms with Gasteiger partial charge >= 0.3 is 0 Å². The molecule has 3 aromatic rings. The molecule has 0 saturated carbocycles. The van der Waals surface area contributed by atoms with E-state index in [1.165, 1.54) is 11.3 Å². The largest absolute Gasteiger partial charge is 0.307 e. The van der Waals surface area contributed by atoms with Crippen molar-refractivity contribution in [2.24, 2.45) is 0 Å². The maximum Gasteiger partial charge on any atom is 0.202 e. The molecule has 0 fully saturated rings. The van der Waals surface area contributed by atoms with E-state index in [4.69, 9.17) is 12.2 Å². The highest BCUT2D eigenvalue weighted by Crippen LogP contribution is 2.13. The van der Waals surface area contributed by atoms with Crippen LogP contribution in [0.1, 0.15) is 0 Å². The molecule has 0 aliphatic rings. The minimum Gasteiger partial charge on any atom is -0.307 e. The Kier molecular flexibility index (Phi) is 2.54. The molecule has 0 unspecified atom stereocenters. The van der Waals surface area contributed by atoms with Crippen LogP contribution in [0.15, 0.2) is 35.8 Å². The first kappa shape index (κ1) is 10.3. The maximum absolute atomic E-state index is 5.27. The molecule has 17 heavy (non-hydrogen) atoms. The summed E-state index contributed by atoms with van der Waals surface area (Å²) < 4.78 is 1.59. The number of thiazole rings is 1. The van der Waals surface area contributed by atoms with Gasteiger partial charge in [-0.3, -0.25) is 0 Å². The first-order valence-corrected chi connectivity index (χ1v) is 6.15. The van der Waals surface area contributed by atoms with E-state index in [9.17, 15) is 0 Å². The third-order valence-corrected chi connectivity index (χ3v) is 3.15. The number of para-hydroxylation sites is 1. The number of rotatable bonds is 1. The number of hydrogen-bond donors (Lipinski definition) is 1. The lowest BCUT2D eigenvalue weighted by Crippen LogP contribution is -2.20. The zero-order valence-electron chi connectivity index (χ0n) is 8.57. The van der Waals surface area contributed by atoms with Crippen LogP contribution in [0.5, 0.6) is 0 Å². The zero-order chi connectivity index (χ0) is 11.7. The molecule has 7 heteroatoms. The number of aromatic nitrogens is 4. The van der Waals surface area contributed by atoms with E-state index in [-0.39, 0.29) is 0 Å². The lowest BCUT2D eigenvalue weighted by atomic mass is 10.3. The van der Waals surface area contributed by atoms with Crippen LogP contribution in [0.3, 0.4) is 0 Å². The van der Waals surface area contributed by atoms with Gasteiger partial charge in [0.25, 0.3) is 0 Å². The van der Waals surface area contributed by atoms with E-state index in [0.29, 0.717) is 5.11 Å². The maximum atomic E-state index is 5.27. The number of nitrogens with one attached hydrogen (secondary N) is 1. The smallest absolute Gasteiger partial charge is 0.202 e. The Morgan fingerprint density at radius 2 is 2.24 bits per heavy atom. The van der Waals surface area contributed by atoms with Crippen molar-refractivity contribution in [2.75, 3.05) is 5.32 Å². The molecule has 0 radical (unpaired) electrons. The molecular formula is C10H7N5S2. The Morgan fingerprint density at radius 1 is 1.35 bits per heavy atom. The molecule has 0 spiro atoms. The second-order valence-electron chi connectivity index (χ2n) is 3.26. The standard InChI is InChI=1S/C10H7N5S2/c16-10(12-9-11-5-6-17-9)15-8-4-2-1-3-7(8)13-14-15/h1-6H,(H,11,12,16). The fourth-order valence-corrected chi connectivity index (χ4v) is 2.27. The molecule has 3 rings (SSSR count). The van der Waals surface area contributed by atoms with Gasteiger partial charge in [0, 0.05) is 11.6 Å². The van der Waals surface area contributed by atoms with E-state index in [1.807, 2.05) is 29.6 Å². The molecule has 1 N–H and O–H groups in total. The molecule has 84 valence electrons. The summed E-state index contributed by atoms with van der Waals surface area (Å²) in [5.74, 6) is 0. The summed E-state index contributed by atoms with van der Waals surface area (Å²) in [7, 11) is 0. The van der Waals surface area contributed by atoms with Crippen LogP contribution in [0, 0.1) is 0 Å². The Bertz CT molecular complexity index is 658. The van der Waals surface area contributed by atoms with Crippen LogP contribution in [0.25, 0.3) is 11.0 Å². The fourth-order valence-electron chi connectivity index (χ4n) is 1.45. The molecule has 1 aromatic carbocycles. The third kappa shape index (κ3) is 1.90. The highest BCUT2D eigenvalue weighted by atomic mass is 32.1. The number of hydrogen-bond acceptors (Lipinski definition) is 5. The molecular weight excluding hydrogens is 254 g/mol. The van der Waals surface area contributed by atoms with Gasteiger partial charge in [-0.15, -0.1) is 16.4 Å². The van der Waals surface area contributed by atoms with E-state index in [1.54, 1.807) is 10.9 Å². The van der Waals surface area contributed by atoms with Crippen LogP contribution in [-0.2, 0) is 0 Å². The molecule has 0 aliphatic heterocycles. The zero-order valence-corrected chi connectivity index (χ0v) is 10.2. The second-order valence-corrected chi connectivity index (χ2v) is 4.54. The predicted octanol–water partition coefficient (Wildman–Crippen LogP) is 2.13. The van der Waals surface area contributed by atoms with Crippen molar-refractivity contribution in [3.8, 4) is 0 Å². The summed E-state index contributed by atoms with van der Waals surface area (Å²) in [5.41, 5.74) is 1.69. The lowest BCUT2D eigenvalue weighted by molar-refractivity contribution is 0.870. The molecule has 2 heterocycles. The minimum absolute atomic E-state index is 0.466. The lowest BCUT2D eigenvalue weighted by Gasteiger charge is -2.04. The number of nitrogens with zero attached hydrogens (tertiary/aromatic N) is 4. The van der Waals surface area contributed by atoms with E-state index < -0.39 is 0 Å². The minimum atomic E-state index is 0.466. The summed E-state index contributed by atoms with van der Waals surface area (Å²) >= 11 is 6.75. The first-order valence-electron chi connectivity index (χ1n) is 4.86. The van der Waals surface area contributed by atoms with Crippen molar-refractivity contribution in [3.05, 3.63) is 35.8 Å². The Morgan fingerprint density at radius 3 is 3.06 bits per heavy atom. The molecule has 0 bridgehead atoms. The van der Waals surface area contributed by atoms with Gasteiger partial charge in [0.1, 0.15) is 5.52 Å². The number of fused-ring (bicyclic) bond motifs is 1. The van der Waals surface area contributed by atoms with Crippen LogP contribution < -0.4 is 5.32 Å². The monoisotopic (exact) mass is 261 g/mol. The summed E-state index contributed by atoms with van der Waals surface area (Å²) in [5, 5.41) is 14.2. The van der Waals surface area contributed by atoms with E-state index >= 15 is 0 Å². The number of benzene rings is 1.